The normalized spacial score (nSPS) is 19.1. The van der Waals surface area contributed by atoms with Crippen molar-refractivity contribution < 1.29 is 27.8 Å². The van der Waals surface area contributed by atoms with E-state index in [9.17, 15) is 9.59 Å². The Balaban J connectivity index is 1.72. The molecule has 2 aromatic carbocycles. The van der Waals surface area contributed by atoms with Gasteiger partial charge in [0.25, 0.3) is 0 Å². The van der Waals surface area contributed by atoms with Crippen LogP contribution in [0.25, 0.3) is 28.0 Å². The van der Waals surface area contributed by atoms with Gasteiger partial charge >= 0.3 is 11.3 Å². The number of rotatable bonds is 7. The van der Waals surface area contributed by atoms with E-state index < -0.39 is 16.7 Å². The van der Waals surface area contributed by atoms with Crippen LogP contribution < -0.4 is 30.2 Å². The molecule has 0 amide bonds. The van der Waals surface area contributed by atoms with Crippen LogP contribution in [0.15, 0.2) is 73.0 Å². The molecule has 2 aromatic heterocycles. The van der Waals surface area contributed by atoms with Crippen molar-refractivity contribution in [3.63, 3.8) is 0 Å². The summed E-state index contributed by atoms with van der Waals surface area (Å²) in [4.78, 5) is 24.5. The molecule has 0 spiro atoms. The molecule has 5 rings (SSSR count). The van der Waals surface area contributed by atoms with Gasteiger partial charge in [-0.3, -0.25) is 0 Å². The molecule has 0 fully saturated rings. The summed E-state index contributed by atoms with van der Waals surface area (Å²) < 4.78 is 33.9. The number of hydrogen-bond donors (Lipinski definition) is 0. The van der Waals surface area contributed by atoms with Crippen molar-refractivity contribution in [3.05, 3.63) is 86.6 Å². The SMILES string of the molecule is COc1cc(OC)c2ccc(=O)oc2c1C=CC1(C)CCC=CC1c1c(OC)cc(OC)c2ccc(=O)oc12. The molecule has 4 aromatic rings. The standard InChI is InChI=1S/C31H30O8/c1-31(15-13-20-23(35-3)16-22(34-2)18-9-11-26(32)38-29(18)20)14-7-6-8-21(31)28-25(37-5)17-24(36-4)19-10-12-27(33)39-30(19)28/h6,8-13,15-17,21H,7,14H2,1-5H3. The summed E-state index contributed by atoms with van der Waals surface area (Å²) in [5, 5.41) is 1.34. The van der Waals surface area contributed by atoms with E-state index in [1.54, 1.807) is 46.6 Å². The van der Waals surface area contributed by atoms with Crippen LogP contribution >= 0.6 is 0 Å². The number of allylic oxidation sites excluding steroid dienone is 3. The van der Waals surface area contributed by atoms with E-state index >= 15 is 0 Å². The van der Waals surface area contributed by atoms with Gasteiger partial charge in [0.1, 0.15) is 28.6 Å². The topological polar surface area (TPSA) is 97.3 Å². The van der Waals surface area contributed by atoms with Crippen LogP contribution in [0, 0.1) is 5.41 Å². The molecular formula is C31H30O8. The van der Waals surface area contributed by atoms with Gasteiger partial charge < -0.3 is 27.8 Å². The minimum absolute atomic E-state index is 0.209. The van der Waals surface area contributed by atoms with Crippen molar-refractivity contribution in [2.24, 2.45) is 5.41 Å². The molecule has 8 heteroatoms. The summed E-state index contributed by atoms with van der Waals surface area (Å²) >= 11 is 0. The third kappa shape index (κ3) is 4.56. The Morgan fingerprint density at radius 2 is 1.36 bits per heavy atom. The average Bonchev–Trinajstić information content (AvgIpc) is 2.94. The first kappa shape index (κ1) is 26.2. The highest BCUT2D eigenvalue weighted by molar-refractivity contribution is 5.93. The zero-order valence-corrected chi connectivity index (χ0v) is 22.5. The second-order valence-corrected chi connectivity index (χ2v) is 9.67. The van der Waals surface area contributed by atoms with Crippen LogP contribution in [-0.4, -0.2) is 28.4 Å². The molecule has 1 aliphatic carbocycles. The Hall–Kier alpha value is -4.46. The molecule has 202 valence electrons. The third-order valence-electron chi connectivity index (χ3n) is 7.45. The number of fused-ring (bicyclic) bond motifs is 2. The Labute approximate surface area is 225 Å². The Morgan fingerprint density at radius 3 is 1.97 bits per heavy atom. The lowest BCUT2D eigenvalue weighted by molar-refractivity contribution is 0.325. The smallest absolute Gasteiger partial charge is 0.336 e. The predicted octanol–water partition coefficient (Wildman–Crippen LogP) is 6.09. The highest BCUT2D eigenvalue weighted by Crippen LogP contribution is 2.51. The van der Waals surface area contributed by atoms with Gasteiger partial charge in [0.2, 0.25) is 0 Å². The number of methoxy groups -OCH3 is 4. The first-order chi connectivity index (χ1) is 18.8. The van der Waals surface area contributed by atoms with Crippen LogP contribution in [0.2, 0.25) is 0 Å². The highest BCUT2D eigenvalue weighted by atomic mass is 16.5. The maximum Gasteiger partial charge on any atom is 0.336 e. The molecule has 8 nitrogen and oxygen atoms in total. The largest absolute Gasteiger partial charge is 0.496 e. The predicted molar refractivity (Wildman–Crippen MR) is 149 cm³/mol. The van der Waals surface area contributed by atoms with Gasteiger partial charge in [0.05, 0.1) is 44.8 Å². The summed E-state index contributed by atoms with van der Waals surface area (Å²) in [5.74, 6) is 1.95. The molecule has 1 aliphatic rings. The van der Waals surface area contributed by atoms with Crippen molar-refractivity contribution in [1.29, 1.82) is 0 Å². The van der Waals surface area contributed by atoms with E-state index in [-0.39, 0.29) is 5.92 Å². The van der Waals surface area contributed by atoms with Crippen molar-refractivity contribution in [2.75, 3.05) is 28.4 Å². The van der Waals surface area contributed by atoms with E-state index in [1.807, 2.05) is 12.1 Å². The lowest BCUT2D eigenvalue weighted by atomic mass is 9.67. The van der Waals surface area contributed by atoms with Crippen LogP contribution in [-0.2, 0) is 0 Å². The van der Waals surface area contributed by atoms with Gasteiger partial charge in [0, 0.05) is 35.7 Å². The van der Waals surface area contributed by atoms with Gasteiger partial charge in [-0.2, -0.15) is 0 Å². The second-order valence-electron chi connectivity index (χ2n) is 9.67. The molecule has 0 bridgehead atoms. The van der Waals surface area contributed by atoms with Crippen LogP contribution in [0.4, 0.5) is 0 Å². The summed E-state index contributed by atoms with van der Waals surface area (Å²) in [7, 11) is 6.27. The molecule has 2 atom stereocenters. The fourth-order valence-electron chi connectivity index (χ4n) is 5.41. The number of ether oxygens (including phenoxy) is 4. The van der Waals surface area contributed by atoms with Gasteiger partial charge in [0.15, 0.2) is 5.58 Å². The maximum absolute atomic E-state index is 12.3. The quantitative estimate of drug-likeness (QED) is 0.209. The van der Waals surface area contributed by atoms with Gasteiger partial charge in [-0.25, -0.2) is 9.59 Å². The molecule has 0 N–H and O–H groups in total. The summed E-state index contributed by atoms with van der Waals surface area (Å²) in [6.07, 6.45) is 9.91. The zero-order chi connectivity index (χ0) is 27.7. The van der Waals surface area contributed by atoms with Gasteiger partial charge in [-0.05, 0) is 30.4 Å². The van der Waals surface area contributed by atoms with Crippen LogP contribution in [0.5, 0.6) is 23.0 Å². The van der Waals surface area contributed by atoms with Gasteiger partial charge in [-0.15, -0.1) is 0 Å². The highest BCUT2D eigenvalue weighted by Gasteiger charge is 2.37. The van der Waals surface area contributed by atoms with E-state index in [0.717, 1.165) is 18.4 Å². The fourth-order valence-corrected chi connectivity index (χ4v) is 5.41. The maximum atomic E-state index is 12.3. The molecule has 2 heterocycles. The van der Waals surface area contributed by atoms with E-state index in [4.69, 9.17) is 27.8 Å². The molecule has 0 saturated heterocycles. The average molecular weight is 531 g/mol. The fraction of sp³-hybridized carbons (Fsp3) is 0.290. The number of benzene rings is 2. The Bertz CT molecular complexity index is 1730. The van der Waals surface area contributed by atoms with E-state index in [1.165, 1.54) is 12.1 Å². The monoisotopic (exact) mass is 530 g/mol. The Morgan fingerprint density at radius 1 is 0.795 bits per heavy atom. The van der Waals surface area contributed by atoms with Crippen LogP contribution in [0.1, 0.15) is 36.8 Å². The molecular weight excluding hydrogens is 500 g/mol. The minimum atomic E-state index is -0.471. The molecule has 2 unspecified atom stereocenters. The molecule has 0 saturated carbocycles. The van der Waals surface area contributed by atoms with E-state index in [0.29, 0.717) is 50.5 Å². The van der Waals surface area contributed by atoms with Crippen molar-refractivity contribution >= 4 is 28.0 Å². The van der Waals surface area contributed by atoms with Crippen LogP contribution in [0.3, 0.4) is 0 Å². The lowest BCUT2D eigenvalue weighted by Gasteiger charge is -2.37. The molecule has 39 heavy (non-hydrogen) atoms. The summed E-state index contributed by atoms with van der Waals surface area (Å²) in [5.41, 5.74) is 0.811. The van der Waals surface area contributed by atoms with Gasteiger partial charge in [-0.1, -0.05) is 31.2 Å². The van der Waals surface area contributed by atoms with Crippen molar-refractivity contribution in [1.82, 2.24) is 0 Å². The second kappa shape index (κ2) is 10.4. The first-order valence-corrected chi connectivity index (χ1v) is 12.6. The minimum Gasteiger partial charge on any atom is -0.496 e. The Kier molecular flexibility index (Phi) is 6.95. The number of hydrogen-bond acceptors (Lipinski definition) is 8. The zero-order valence-electron chi connectivity index (χ0n) is 22.5. The van der Waals surface area contributed by atoms with Crippen molar-refractivity contribution in [2.45, 2.75) is 25.7 Å². The van der Waals surface area contributed by atoms with E-state index in [2.05, 4.69) is 25.2 Å². The molecule has 0 radical (unpaired) electrons. The lowest BCUT2D eigenvalue weighted by Crippen LogP contribution is -2.25. The van der Waals surface area contributed by atoms with Crippen molar-refractivity contribution in [3.8, 4) is 23.0 Å². The first-order valence-electron chi connectivity index (χ1n) is 12.6. The summed E-state index contributed by atoms with van der Waals surface area (Å²) in [6, 6.07) is 9.73. The summed E-state index contributed by atoms with van der Waals surface area (Å²) in [6.45, 7) is 2.14. The third-order valence-corrected chi connectivity index (χ3v) is 7.45. The molecule has 0 aliphatic heterocycles.